The van der Waals surface area contributed by atoms with Gasteiger partial charge < -0.3 is 10.1 Å². The van der Waals surface area contributed by atoms with Gasteiger partial charge in [-0.05, 0) is 55.0 Å². The van der Waals surface area contributed by atoms with E-state index >= 15 is 0 Å². The number of benzene rings is 1. The van der Waals surface area contributed by atoms with Crippen LogP contribution < -0.4 is 5.32 Å². The molecule has 5 nitrogen and oxygen atoms in total. The molecule has 0 bridgehead atoms. The van der Waals surface area contributed by atoms with Crippen molar-refractivity contribution in [1.29, 1.82) is 0 Å². The summed E-state index contributed by atoms with van der Waals surface area (Å²) >= 11 is 1.79. The second-order valence-electron chi connectivity index (χ2n) is 6.27. The van der Waals surface area contributed by atoms with Crippen LogP contribution in [0, 0.1) is 6.92 Å². The number of amides is 1. The molecule has 1 aliphatic heterocycles. The zero-order valence-electron chi connectivity index (χ0n) is 14.7. The van der Waals surface area contributed by atoms with E-state index in [0.717, 1.165) is 18.5 Å². The highest BCUT2D eigenvalue weighted by Crippen LogP contribution is 2.32. The fraction of sp³-hybridized carbons (Fsp3) is 0.368. The van der Waals surface area contributed by atoms with Gasteiger partial charge in [0.15, 0.2) is 0 Å². The van der Waals surface area contributed by atoms with Crippen LogP contribution in [0.1, 0.15) is 39.3 Å². The molecule has 6 heteroatoms. The van der Waals surface area contributed by atoms with Crippen LogP contribution in [0.2, 0.25) is 0 Å². The molecule has 1 amide bonds. The fourth-order valence-electron chi connectivity index (χ4n) is 3.15. The highest BCUT2D eigenvalue weighted by molar-refractivity contribution is 7.10. The summed E-state index contributed by atoms with van der Waals surface area (Å²) in [5.41, 5.74) is 3.31. The van der Waals surface area contributed by atoms with Crippen LogP contribution in [0.5, 0.6) is 0 Å². The summed E-state index contributed by atoms with van der Waals surface area (Å²) in [7, 11) is 1.34. The average Bonchev–Trinajstić information content (AvgIpc) is 3.08. The van der Waals surface area contributed by atoms with Gasteiger partial charge in [0, 0.05) is 23.2 Å². The normalized spacial score (nSPS) is 17.0. The molecule has 2 aromatic rings. The molecule has 132 valence electrons. The lowest BCUT2D eigenvalue weighted by atomic mass is 10.0. The summed E-state index contributed by atoms with van der Waals surface area (Å²) in [6.45, 7) is 5.25. The summed E-state index contributed by atoms with van der Waals surface area (Å²) in [4.78, 5) is 27.8. The zero-order chi connectivity index (χ0) is 18.0. The number of rotatable bonds is 4. The predicted octanol–water partition coefficient (Wildman–Crippen LogP) is 3.40. The smallest absolute Gasteiger partial charge is 0.337 e. The minimum absolute atomic E-state index is 0.0735. The molecule has 1 aliphatic rings. The van der Waals surface area contributed by atoms with E-state index in [1.165, 1.54) is 17.6 Å². The standard InChI is InChI=1S/C19H22N2O3S/c1-12-4-5-14(19(23)24-3)10-16(12)20-18(22)11-21-8-6-17-15(13(21)2)7-9-25-17/h4-5,7,9-10,13H,6,8,11H2,1-3H3,(H,20,22)/t13-/m1/s1. The number of carbonyl (C=O) groups is 2. The summed E-state index contributed by atoms with van der Waals surface area (Å²) in [6.07, 6.45) is 0.988. The molecule has 1 atom stereocenters. The topological polar surface area (TPSA) is 58.6 Å². The molecule has 2 heterocycles. The maximum Gasteiger partial charge on any atom is 0.337 e. The maximum atomic E-state index is 12.5. The first-order valence-electron chi connectivity index (χ1n) is 8.28. The lowest BCUT2D eigenvalue weighted by Crippen LogP contribution is -2.39. The van der Waals surface area contributed by atoms with Gasteiger partial charge in [0.2, 0.25) is 5.91 Å². The van der Waals surface area contributed by atoms with Gasteiger partial charge >= 0.3 is 5.97 Å². The first kappa shape index (κ1) is 17.6. The Morgan fingerprint density at radius 2 is 2.16 bits per heavy atom. The van der Waals surface area contributed by atoms with Crippen LogP contribution in [0.3, 0.4) is 0 Å². The number of fused-ring (bicyclic) bond motifs is 1. The van der Waals surface area contributed by atoms with Crippen LogP contribution >= 0.6 is 11.3 Å². The zero-order valence-corrected chi connectivity index (χ0v) is 15.5. The van der Waals surface area contributed by atoms with Gasteiger partial charge in [0.25, 0.3) is 0 Å². The average molecular weight is 358 g/mol. The van der Waals surface area contributed by atoms with Crippen molar-refractivity contribution < 1.29 is 14.3 Å². The molecule has 25 heavy (non-hydrogen) atoms. The molecule has 0 fully saturated rings. The Hall–Kier alpha value is -2.18. The largest absolute Gasteiger partial charge is 0.465 e. The number of nitrogens with one attached hydrogen (secondary N) is 1. The first-order chi connectivity index (χ1) is 12.0. The SMILES string of the molecule is COC(=O)c1ccc(C)c(NC(=O)CN2CCc3sccc3[C@H]2C)c1. The van der Waals surface area contributed by atoms with Crippen molar-refractivity contribution in [1.82, 2.24) is 4.90 Å². The number of hydrogen-bond acceptors (Lipinski definition) is 5. The molecule has 0 radical (unpaired) electrons. The van der Waals surface area contributed by atoms with Gasteiger partial charge in [-0.3, -0.25) is 9.69 Å². The molecule has 0 spiro atoms. The van der Waals surface area contributed by atoms with Crippen LogP contribution in [0.4, 0.5) is 5.69 Å². The number of methoxy groups -OCH3 is 1. The van der Waals surface area contributed by atoms with Crippen molar-refractivity contribution in [3.63, 3.8) is 0 Å². The summed E-state index contributed by atoms with van der Waals surface area (Å²) in [6, 6.07) is 7.56. The molecule has 0 aliphatic carbocycles. The minimum Gasteiger partial charge on any atom is -0.465 e. The Kier molecular flexibility index (Phi) is 5.20. The van der Waals surface area contributed by atoms with Crippen molar-refractivity contribution in [3.8, 4) is 0 Å². The van der Waals surface area contributed by atoms with E-state index in [2.05, 4.69) is 28.6 Å². The Morgan fingerprint density at radius 3 is 2.92 bits per heavy atom. The van der Waals surface area contributed by atoms with E-state index in [9.17, 15) is 9.59 Å². The molecular weight excluding hydrogens is 336 g/mol. The number of hydrogen-bond donors (Lipinski definition) is 1. The van der Waals surface area contributed by atoms with Gasteiger partial charge in [0.05, 0.1) is 19.2 Å². The van der Waals surface area contributed by atoms with E-state index in [4.69, 9.17) is 4.74 Å². The first-order valence-corrected chi connectivity index (χ1v) is 9.16. The Balaban J connectivity index is 1.68. The number of thiophene rings is 1. The summed E-state index contributed by atoms with van der Waals surface area (Å²) < 4.78 is 4.74. The number of aryl methyl sites for hydroxylation is 1. The van der Waals surface area contributed by atoms with Gasteiger partial charge in [-0.15, -0.1) is 11.3 Å². The van der Waals surface area contributed by atoms with E-state index in [1.54, 1.807) is 23.5 Å². The van der Waals surface area contributed by atoms with Crippen molar-refractivity contribution in [2.24, 2.45) is 0 Å². The van der Waals surface area contributed by atoms with Crippen molar-refractivity contribution in [3.05, 3.63) is 51.2 Å². The molecule has 1 aromatic carbocycles. The maximum absolute atomic E-state index is 12.5. The number of anilines is 1. The molecule has 3 rings (SSSR count). The molecule has 0 saturated carbocycles. The van der Waals surface area contributed by atoms with E-state index in [1.807, 2.05) is 13.0 Å². The highest BCUT2D eigenvalue weighted by atomic mass is 32.1. The van der Waals surface area contributed by atoms with Crippen molar-refractivity contribution in [2.75, 3.05) is 25.5 Å². The molecule has 1 N–H and O–H groups in total. The fourth-order valence-corrected chi connectivity index (χ4v) is 4.12. The van der Waals surface area contributed by atoms with Crippen LogP contribution in [-0.2, 0) is 16.0 Å². The second-order valence-corrected chi connectivity index (χ2v) is 7.27. The van der Waals surface area contributed by atoms with Crippen molar-refractivity contribution in [2.45, 2.75) is 26.3 Å². The lowest BCUT2D eigenvalue weighted by Gasteiger charge is -2.33. The number of nitrogens with zero attached hydrogens (tertiary/aromatic N) is 1. The Morgan fingerprint density at radius 1 is 1.36 bits per heavy atom. The lowest BCUT2D eigenvalue weighted by molar-refractivity contribution is -0.117. The van der Waals surface area contributed by atoms with Crippen LogP contribution in [0.15, 0.2) is 29.6 Å². The molecule has 0 saturated heterocycles. The van der Waals surface area contributed by atoms with E-state index in [-0.39, 0.29) is 11.9 Å². The minimum atomic E-state index is -0.412. The Labute approximate surface area is 151 Å². The van der Waals surface area contributed by atoms with Gasteiger partial charge in [-0.1, -0.05) is 6.07 Å². The predicted molar refractivity (Wildman–Crippen MR) is 99.2 cm³/mol. The number of ether oxygens (including phenoxy) is 1. The monoisotopic (exact) mass is 358 g/mol. The molecule has 0 unspecified atom stereocenters. The quantitative estimate of drug-likeness (QED) is 0.851. The highest BCUT2D eigenvalue weighted by Gasteiger charge is 2.26. The third kappa shape index (κ3) is 3.75. The summed E-state index contributed by atoms with van der Waals surface area (Å²) in [5, 5.41) is 5.05. The van der Waals surface area contributed by atoms with Gasteiger partial charge in [-0.25, -0.2) is 4.79 Å². The third-order valence-electron chi connectivity index (χ3n) is 4.68. The van der Waals surface area contributed by atoms with Gasteiger partial charge in [0.1, 0.15) is 0 Å². The van der Waals surface area contributed by atoms with Crippen LogP contribution in [0.25, 0.3) is 0 Å². The molecular formula is C19H22N2O3S. The molecule has 1 aromatic heterocycles. The number of esters is 1. The summed E-state index contributed by atoms with van der Waals surface area (Å²) in [5.74, 6) is -0.485. The van der Waals surface area contributed by atoms with Crippen LogP contribution in [-0.4, -0.2) is 37.0 Å². The second kappa shape index (κ2) is 7.37. The van der Waals surface area contributed by atoms with Gasteiger partial charge in [-0.2, -0.15) is 0 Å². The van der Waals surface area contributed by atoms with E-state index < -0.39 is 5.97 Å². The Bertz CT molecular complexity index is 800. The third-order valence-corrected chi connectivity index (χ3v) is 5.68. The van der Waals surface area contributed by atoms with Crippen molar-refractivity contribution >= 4 is 28.9 Å². The number of carbonyl (C=O) groups excluding carboxylic acids is 2. The van der Waals surface area contributed by atoms with E-state index in [0.29, 0.717) is 17.8 Å².